The van der Waals surface area contributed by atoms with Gasteiger partial charge in [0.25, 0.3) is 0 Å². The van der Waals surface area contributed by atoms with Crippen LogP contribution in [0.3, 0.4) is 0 Å². The molecule has 2 rings (SSSR count). The number of thioether (sulfide) groups is 1. The second-order valence-corrected chi connectivity index (χ2v) is 5.57. The zero-order valence-electron chi connectivity index (χ0n) is 9.96. The number of aromatic nitrogens is 4. The highest BCUT2D eigenvalue weighted by molar-refractivity contribution is 7.99. The summed E-state index contributed by atoms with van der Waals surface area (Å²) in [6, 6.07) is 0.322. The van der Waals surface area contributed by atoms with E-state index in [-0.39, 0.29) is 0 Å². The van der Waals surface area contributed by atoms with Gasteiger partial charge in [-0.15, -0.1) is 16.9 Å². The Bertz CT molecular complexity index is 341. The molecule has 0 aromatic carbocycles. The predicted molar refractivity (Wildman–Crippen MR) is 63.3 cm³/mol. The molecule has 0 saturated carbocycles. The van der Waals surface area contributed by atoms with E-state index in [2.05, 4.69) is 36.3 Å². The molecule has 90 valence electrons. The van der Waals surface area contributed by atoms with Gasteiger partial charge in [-0.3, -0.25) is 0 Å². The molecule has 1 aliphatic rings. The van der Waals surface area contributed by atoms with Crippen molar-refractivity contribution in [3.05, 3.63) is 5.82 Å². The van der Waals surface area contributed by atoms with Crippen LogP contribution in [0.5, 0.6) is 0 Å². The largest absolute Gasteiger partial charge is 0.377 e. The van der Waals surface area contributed by atoms with Crippen LogP contribution in [0.15, 0.2) is 0 Å². The van der Waals surface area contributed by atoms with Crippen LogP contribution in [0.2, 0.25) is 0 Å². The van der Waals surface area contributed by atoms with Gasteiger partial charge in [0.15, 0.2) is 5.82 Å². The standard InChI is InChI=1S/C10H18N4OS/c1-7(2)14-10(11-12-13-14)6-16-9-4-5-15-8(9)3/h7-9H,4-6H2,1-3H3. The van der Waals surface area contributed by atoms with Crippen LogP contribution in [0, 0.1) is 0 Å². The number of nitrogens with zero attached hydrogens (tertiary/aromatic N) is 4. The highest BCUT2D eigenvalue weighted by atomic mass is 32.2. The molecule has 0 amide bonds. The van der Waals surface area contributed by atoms with Gasteiger partial charge < -0.3 is 4.74 Å². The molecule has 1 aromatic heterocycles. The van der Waals surface area contributed by atoms with E-state index in [1.165, 1.54) is 0 Å². The maximum absolute atomic E-state index is 5.53. The molecule has 0 aliphatic carbocycles. The summed E-state index contributed by atoms with van der Waals surface area (Å²) in [7, 11) is 0. The first-order valence-electron chi connectivity index (χ1n) is 5.68. The molecule has 1 saturated heterocycles. The molecular weight excluding hydrogens is 224 g/mol. The maximum atomic E-state index is 5.53. The minimum Gasteiger partial charge on any atom is -0.377 e. The Morgan fingerprint density at radius 2 is 2.38 bits per heavy atom. The summed E-state index contributed by atoms with van der Waals surface area (Å²) in [4.78, 5) is 0. The SMILES string of the molecule is CC1OCCC1SCc1nnnn1C(C)C. The fourth-order valence-electron chi connectivity index (χ4n) is 1.82. The second-order valence-electron chi connectivity index (χ2n) is 4.35. The van der Waals surface area contributed by atoms with Gasteiger partial charge in [0, 0.05) is 11.9 Å². The summed E-state index contributed by atoms with van der Waals surface area (Å²) in [5.74, 6) is 1.82. The van der Waals surface area contributed by atoms with Gasteiger partial charge >= 0.3 is 0 Å². The first kappa shape index (κ1) is 11.9. The lowest BCUT2D eigenvalue weighted by Crippen LogP contribution is -2.15. The lowest BCUT2D eigenvalue weighted by molar-refractivity contribution is 0.127. The number of ether oxygens (including phenoxy) is 1. The van der Waals surface area contributed by atoms with Crippen molar-refractivity contribution in [2.45, 2.75) is 50.3 Å². The predicted octanol–water partition coefficient (Wildman–Crippen LogP) is 1.66. The Balaban J connectivity index is 1.91. The zero-order valence-corrected chi connectivity index (χ0v) is 10.8. The third kappa shape index (κ3) is 2.55. The Morgan fingerprint density at radius 3 is 3.00 bits per heavy atom. The van der Waals surface area contributed by atoms with Crippen LogP contribution in [0.4, 0.5) is 0 Å². The molecule has 16 heavy (non-hydrogen) atoms. The minimum absolute atomic E-state index is 0.322. The van der Waals surface area contributed by atoms with E-state index in [0.29, 0.717) is 17.4 Å². The van der Waals surface area contributed by atoms with E-state index in [9.17, 15) is 0 Å². The number of hydrogen-bond acceptors (Lipinski definition) is 5. The first-order chi connectivity index (χ1) is 7.68. The Morgan fingerprint density at radius 1 is 1.56 bits per heavy atom. The number of hydrogen-bond donors (Lipinski definition) is 0. The molecule has 6 heteroatoms. The summed E-state index contributed by atoms with van der Waals surface area (Å²) in [5.41, 5.74) is 0. The molecular formula is C10H18N4OS. The Kier molecular flexibility index (Phi) is 3.81. The van der Waals surface area contributed by atoms with E-state index in [1.807, 2.05) is 16.4 Å². The van der Waals surface area contributed by atoms with Crippen molar-refractivity contribution in [2.75, 3.05) is 6.61 Å². The monoisotopic (exact) mass is 242 g/mol. The number of rotatable bonds is 4. The molecule has 5 nitrogen and oxygen atoms in total. The van der Waals surface area contributed by atoms with Gasteiger partial charge in [0.2, 0.25) is 0 Å². The van der Waals surface area contributed by atoms with E-state index >= 15 is 0 Å². The normalized spacial score (nSPS) is 25.5. The van der Waals surface area contributed by atoms with Crippen molar-refractivity contribution in [1.29, 1.82) is 0 Å². The number of tetrazole rings is 1. The van der Waals surface area contributed by atoms with Crippen LogP contribution in [-0.2, 0) is 10.5 Å². The van der Waals surface area contributed by atoms with E-state index in [0.717, 1.165) is 24.6 Å². The minimum atomic E-state index is 0.322. The lowest BCUT2D eigenvalue weighted by Gasteiger charge is -2.13. The molecule has 0 radical (unpaired) electrons. The molecule has 1 aromatic rings. The smallest absolute Gasteiger partial charge is 0.161 e. The highest BCUT2D eigenvalue weighted by Gasteiger charge is 2.25. The summed E-state index contributed by atoms with van der Waals surface area (Å²) in [6.07, 6.45) is 1.49. The molecule has 2 unspecified atom stereocenters. The second kappa shape index (κ2) is 5.14. The summed E-state index contributed by atoms with van der Waals surface area (Å²) >= 11 is 1.89. The fraction of sp³-hybridized carbons (Fsp3) is 0.900. The van der Waals surface area contributed by atoms with Gasteiger partial charge in [-0.1, -0.05) is 0 Å². The molecule has 1 fully saturated rings. The van der Waals surface area contributed by atoms with Crippen LogP contribution in [0.1, 0.15) is 39.1 Å². The van der Waals surface area contributed by atoms with Crippen molar-refractivity contribution in [3.8, 4) is 0 Å². The average Bonchev–Trinajstić information content (AvgIpc) is 2.83. The van der Waals surface area contributed by atoms with Gasteiger partial charge in [0.05, 0.1) is 17.9 Å². The average molecular weight is 242 g/mol. The van der Waals surface area contributed by atoms with E-state index in [1.54, 1.807) is 0 Å². The molecule has 2 heterocycles. The van der Waals surface area contributed by atoms with Crippen molar-refractivity contribution in [3.63, 3.8) is 0 Å². The first-order valence-corrected chi connectivity index (χ1v) is 6.73. The van der Waals surface area contributed by atoms with Crippen molar-refractivity contribution in [1.82, 2.24) is 20.2 Å². The maximum Gasteiger partial charge on any atom is 0.161 e. The summed E-state index contributed by atoms with van der Waals surface area (Å²) in [5, 5.41) is 12.4. The van der Waals surface area contributed by atoms with Crippen molar-refractivity contribution >= 4 is 11.8 Å². The molecule has 0 bridgehead atoms. The summed E-state index contributed by atoms with van der Waals surface area (Å²) < 4.78 is 7.42. The molecule has 0 spiro atoms. The van der Waals surface area contributed by atoms with Crippen LogP contribution in [0.25, 0.3) is 0 Å². The van der Waals surface area contributed by atoms with Gasteiger partial charge in [0.1, 0.15) is 0 Å². The Labute approximate surface area is 99.9 Å². The zero-order chi connectivity index (χ0) is 11.5. The molecule has 2 atom stereocenters. The lowest BCUT2D eigenvalue weighted by atomic mass is 10.3. The van der Waals surface area contributed by atoms with E-state index in [4.69, 9.17) is 4.74 Å². The quantitative estimate of drug-likeness (QED) is 0.804. The van der Waals surface area contributed by atoms with Gasteiger partial charge in [-0.05, 0) is 37.6 Å². The topological polar surface area (TPSA) is 52.8 Å². The van der Waals surface area contributed by atoms with Crippen LogP contribution < -0.4 is 0 Å². The third-order valence-corrected chi connectivity index (χ3v) is 4.26. The highest BCUT2D eigenvalue weighted by Crippen LogP contribution is 2.28. The summed E-state index contributed by atoms with van der Waals surface area (Å²) in [6.45, 7) is 7.20. The van der Waals surface area contributed by atoms with Gasteiger partial charge in [-0.2, -0.15) is 0 Å². The van der Waals surface area contributed by atoms with Gasteiger partial charge in [-0.25, -0.2) is 4.68 Å². The van der Waals surface area contributed by atoms with Crippen molar-refractivity contribution < 1.29 is 4.74 Å². The van der Waals surface area contributed by atoms with E-state index < -0.39 is 0 Å². The fourth-order valence-corrected chi connectivity index (χ4v) is 2.99. The van der Waals surface area contributed by atoms with Crippen LogP contribution in [-0.4, -0.2) is 38.2 Å². The third-order valence-electron chi connectivity index (χ3n) is 2.78. The van der Waals surface area contributed by atoms with Crippen molar-refractivity contribution in [2.24, 2.45) is 0 Å². The molecule has 0 N–H and O–H groups in total. The van der Waals surface area contributed by atoms with Crippen LogP contribution >= 0.6 is 11.8 Å². The Hall–Kier alpha value is -0.620. The molecule has 1 aliphatic heterocycles.